The maximum atomic E-state index is 12.0. The zero-order valence-electron chi connectivity index (χ0n) is 5.26. The van der Waals surface area contributed by atoms with Gasteiger partial charge in [-0.2, -0.15) is 4.39 Å². The van der Waals surface area contributed by atoms with Crippen LogP contribution in [0.2, 0.25) is 0 Å². The highest BCUT2D eigenvalue weighted by atomic mass is 19.1. The largest absolute Gasteiger partial charge is 0.463 e. The maximum Gasteiger partial charge on any atom is 0.374 e. The average molecular weight is 144 g/mol. The van der Waals surface area contributed by atoms with Crippen molar-refractivity contribution in [3.8, 4) is 0 Å². The van der Waals surface area contributed by atoms with Gasteiger partial charge in [0.25, 0.3) is 6.01 Å². The molecule has 0 aromatic carbocycles. The van der Waals surface area contributed by atoms with Crippen molar-refractivity contribution in [2.45, 2.75) is 0 Å². The van der Waals surface area contributed by atoms with Crippen molar-refractivity contribution in [1.82, 2.24) is 0 Å². The Morgan fingerprint density at radius 2 is 2.40 bits per heavy atom. The first-order chi connectivity index (χ1) is 4.74. The van der Waals surface area contributed by atoms with Crippen molar-refractivity contribution in [2.24, 2.45) is 0 Å². The predicted octanol–water partition coefficient (Wildman–Crippen LogP) is 1.21. The van der Waals surface area contributed by atoms with E-state index in [9.17, 15) is 9.18 Å². The van der Waals surface area contributed by atoms with Crippen LogP contribution in [0, 0.1) is 6.01 Å². The zero-order chi connectivity index (χ0) is 7.56. The number of furan rings is 1. The summed E-state index contributed by atoms with van der Waals surface area (Å²) in [6.45, 7) is 0. The van der Waals surface area contributed by atoms with Crippen LogP contribution >= 0.6 is 0 Å². The topological polar surface area (TPSA) is 39.4 Å². The summed E-state index contributed by atoms with van der Waals surface area (Å²) >= 11 is 0. The van der Waals surface area contributed by atoms with E-state index in [4.69, 9.17) is 0 Å². The summed E-state index contributed by atoms with van der Waals surface area (Å²) < 4.78 is 20.6. The number of halogens is 1. The summed E-state index contributed by atoms with van der Waals surface area (Å²) in [4.78, 5) is 10.5. The summed E-state index contributed by atoms with van der Waals surface area (Å²) in [6, 6.07) is 1.47. The quantitative estimate of drug-likeness (QED) is 0.556. The molecule has 1 heterocycles. The molecule has 10 heavy (non-hydrogen) atoms. The molecule has 0 N–H and O–H groups in total. The second-order valence-corrected chi connectivity index (χ2v) is 1.60. The molecule has 1 aromatic rings. The maximum absolute atomic E-state index is 12.0. The molecule has 0 aliphatic heterocycles. The first-order valence-electron chi connectivity index (χ1n) is 2.57. The number of carbonyl (C=O) groups excluding carboxylic acids is 1. The second kappa shape index (κ2) is 2.51. The van der Waals surface area contributed by atoms with Gasteiger partial charge in [-0.05, 0) is 6.07 Å². The molecule has 0 aliphatic carbocycles. The Hall–Kier alpha value is -1.32. The summed E-state index contributed by atoms with van der Waals surface area (Å²) in [5.74, 6) is -0.802. The summed E-state index contributed by atoms with van der Waals surface area (Å²) in [7, 11) is 1.20. The fourth-order valence-electron chi connectivity index (χ4n) is 0.525. The molecule has 3 nitrogen and oxygen atoms in total. The van der Waals surface area contributed by atoms with E-state index in [1.807, 2.05) is 0 Å². The Labute approximate surface area is 56.4 Å². The minimum absolute atomic E-state index is 0.125. The highest BCUT2D eigenvalue weighted by Gasteiger charge is 2.09. The lowest BCUT2D eigenvalue weighted by Crippen LogP contribution is -1.98. The van der Waals surface area contributed by atoms with Crippen LogP contribution in [0.15, 0.2) is 16.5 Å². The van der Waals surface area contributed by atoms with E-state index in [1.165, 1.54) is 13.2 Å². The molecular weight excluding hydrogens is 139 g/mol. The summed E-state index contributed by atoms with van der Waals surface area (Å²) in [6.07, 6.45) is 0. The van der Waals surface area contributed by atoms with Gasteiger partial charge in [-0.15, -0.1) is 0 Å². The zero-order valence-corrected chi connectivity index (χ0v) is 5.26. The normalized spacial score (nSPS) is 9.40. The number of carbonyl (C=O) groups is 1. The van der Waals surface area contributed by atoms with Gasteiger partial charge in [0.1, 0.15) is 0 Å². The summed E-state index contributed by atoms with van der Waals surface area (Å²) in [5, 5.41) is 0. The van der Waals surface area contributed by atoms with Crippen LogP contribution in [-0.2, 0) is 4.74 Å². The summed E-state index contributed by atoms with van der Waals surface area (Å²) in [5.41, 5.74) is 0. The molecule has 0 unspecified atom stereocenters. The number of methoxy groups -OCH3 is 1. The van der Waals surface area contributed by atoms with E-state index in [-0.39, 0.29) is 5.76 Å². The molecule has 0 amide bonds. The molecule has 0 fully saturated rings. The molecule has 0 radical (unpaired) electrons. The van der Waals surface area contributed by atoms with Crippen molar-refractivity contribution < 1.29 is 18.3 Å². The van der Waals surface area contributed by atoms with Crippen LogP contribution in [0.4, 0.5) is 4.39 Å². The molecule has 1 rings (SSSR count). The van der Waals surface area contributed by atoms with Crippen molar-refractivity contribution in [1.29, 1.82) is 0 Å². The minimum atomic E-state index is -0.791. The SMILES string of the molecule is COC(=O)c1ccc(F)o1. The van der Waals surface area contributed by atoms with Crippen LogP contribution < -0.4 is 0 Å². The van der Waals surface area contributed by atoms with Crippen LogP contribution in [0.3, 0.4) is 0 Å². The Kier molecular flexibility index (Phi) is 1.71. The number of hydrogen-bond donors (Lipinski definition) is 0. The molecule has 4 heteroatoms. The molecule has 0 saturated carbocycles. The lowest BCUT2D eigenvalue weighted by molar-refractivity contribution is 0.0556. The Morgan fingerprint density at radius 1 is 1.70 bits per heavy atom. The first kappa shape index (κ1) is 6.80. The Bertz CT molecular complexity index is 241. The van der Waals surface area contributed by atoms with E-state index in [0.717, 1.165) is 6.07 Å². The molecular formula is C6H5FO3. The van der Waals surface area contributed by atoms with Gasteiger partial charge in [0.15, 0.2) is 0 Å². The monoisotopic (exact) mass is 144 g/mol. The van der Waals surface area contributed by atoms with Gasteiger partial charge in [-0.25, -0.2) is 4.79 Å². The number of rotatable bonds is 1. The lowest BCUT2D eigenvalue weighted by Gasteiger charge is -1.90. The second-order valence-electron chi connectivity index (χ2n) is 1.60. The van der Waals surface area contributed by atoms with Crippen molar-refractivity contribution >= 4 is 5.97 Å². The molecule has 1 aromatic heterocycles. The minimum Gasteiger partial charge on any atom is -0.463 e. The molecule has 0 atom stereocenters. The van der Waals surface area contributed by atoms with Crippen LogP contribution in [0.5, 0.6) is 0 Å². The Balaban J connectivity index is 2.85. The van der Waals surface area contributed by atoms with E-state index in [0.29, 0.717) is 0 Å². The van der Waals surface area contributed by atoms with Crippen LogP contribution in [0.25, 0.3) is 0 Å². The first-order valence-corrected chi connectivity index (χ1v) is 2.57. The number of esters is 1. The van der Waals surface area contributed by atoms with Gasteiger partial charge < -0.3 is 9.15 Å². The fraction of sp³-hybridized carbons (Fsp3) is 0.167. The predicted molar refractivity (Wildman–Crippen MR) is 30.0 cm³/mol. The molecule has 0 aliphatic rings. The van der Waals surface area contributed by atoms with Gasteiger partial charge >= 0.3 is 5.97 Å². The van der Waals surface area contributed by atoms with Crippen molar-refractivity contribution in [2.75, 3.05) is 7.11 Å². The van der Waals surface area contributed by atoms with Gasteiger partial charge in [0.05, 0.1) is 7.11 Å². The Morgan fingerprint density at radius 3 is 2.80 bits per heavy atom. The fourth-order valence-corrected chi connectivity index (χ4v) is 0.525. The van der Waals surface area contributed by atoms with Crippen LogP contribution in [0.1, 0.15) is 10.6 Å². The van der Waals surface area contributed by atoms with Crippen molar-refractivity contribution in [3.05, 3.63) is 23.9 Å². The standard InChI is InChI=1S/C6H5FO3/c1-9-6(8)4-2-3-5(7)10-4/h2-3H,1H3. The highest BCUT2D eigenvalue weighted by Crippen LogP contribution is 2.05. The molecule has 0 bridgehead atoms. The number of ether oxygens (including phenoxy) is 1. The third-order valence-corrected chi connectivity index (χ3v) is 0.960. The van der Waals surface area contributed by atoms with E-state index in [1.54, 1.807) is 0 Å². The van der Waals surface area contributed by atoms with E-state index >= 15 is 0 Å². The lowest BCUT2D eigenvalue weighted by atomic mass is 10.5. The van der Waals surface area contributed by atoms with E-state index < -0.39 is 12.0 Å². The van der Waals surface area contributed by atoms with E-state index in [2.05, 4.69) is 9.15 Å². The average Bonchev–Trinajstić information content (AvgIpc) is 2.34. The van der Waals surface area contributed by atoms with Gasteiger partial charge in [-0.1, -0.05) is 0 Å². The third kappa shape index (κ3) is 1.15. The smallest absolute Gasteiger partial charge is 0.374 e. The van der Waals surface area contributed by atoms with Gasteiger partial charge in [-0.3, -0.25) is 0 Å². The molecule has 0 spiro atoms. The number of hydrogen-bond acceptors (Lipinski definition) is 3. The third-order valence-electron chi connectivity index (χ3n) is 0.960. The van der Waals surface area contributed by atoms with Gasteiger partial charge in [0, 0.05) is 6.07 Å². The van der Waals surface area contributed by atoms with Crippen molar-refractivity contribution in [3.63, 3.8) is 0 Å². The van der Waals surface area contributed by atoms with Gasteiger partial charge in [0.2, 0.25) is 5.76 Å². The molecule has 54 valence electrons. The molecule has 0 saturated heterocycles. The van der Waals surface area contributed by atoms with Crippen LogP contribution in [-0.4, -0.2) is 13.1 Å². The highest BCUT2D eigenvalue weighted by molar-refractivity contribution is 5.85.